The molecule has 0 bridgehead atoms. The van der Waals surface area contributed by atoms with Crippen LogP contribution in [0.5, 0.6) is 0 Å². The Hall–Kier alpha value is -3.02. The number of hydrogen-bond donors (Lipinski definition) is 2. The molecule has 0 unspecified atom stereocenters. The highest BCUT2D eigenvalue weighted by Crippen LogP contribution is 2.30. The molecule has 4 rings (SSSR count). The normalized spacial score (nSPS) is 17.3. The summed E-state index contributed by atoms with van der Waals surface area (Å²) in [4.78, 5) is 24.7. The fourth-order valence-electron chi connectivity index (χ4n) is 3.16. The van der Waals surface area contributed by atoms with Gasteiger partial charge in [-0.2, -0.15) is 15.0 Å². The van der Waals surface area contributed by atoms with Gasteiger partial charge in [0.25, 0.3) is 0 Å². The second kappa shape index (κ2) is 5.88. The summed E-state index contributed by atoms with van der Waals surface area (Å²) in [6, 6.07) is 14.0. The van der Waals surface area contributed by atoms with Crippen LogP contribution in [-0.4, -0.2) is 20.7 Å². The number of carbonyl (C=O) groups excluding carboxylic acids is 1. The summed E-state index contributed by atoms with van der Waals surface area (Å²) in [6.07, 6.45) is 2.24. The van der Waals surface area contributed by atoms with E-state index in [9.17, 15) is 4.79 Å². The van der Waals surface area contributed by atoms with E-state index in [0.717, 1.165) is 29.3 Å². The lowest BCUT2D eigenvalue weighted by Gasteiger charge is -2.11. The molecule has 1 aliphatic carbocycles. The van der Waals surface area contributed by atoms with Crippen molar-refractivity contribution < 1.29 is 4.79 Å². The van der Waals surface area contributed by atoms with Crippen LogP contribution in [0.25, 0.3) is 10.8 Å². The second-order valence-electron chi connectivity index (χ2n) is 5.94. The van der Waals surface area contributed by atoms with Gasteiger partial charge in [0.1, 0.15) is 11.6 Å². The second-order valence-corrected chi connectivity index (χ2v) is 5.94. The zero-order valence-electron chi connectivity index (χ0n) is 13.1. The first-order valence-corrected chi connectivity index (χ1v) is 7.99. The Labute approximate surface area is 139 Å². The Bertz CT molecular complexity index is 919. The molecule has 0 aliphatic heterocycles. The number of ketones is 1. The van der Waals surface area contributed by atoms with Crippen molar-refractivity contribution in [2.45, 2.75) is 25.2 Å². The van der Waals surface area contributed by atoms with Gasteiger partial charge in [0, 0.05) is 17.5 Å². The number of rotatable bonds is 3. The van der Waals surface area contributed by atoms with Crippen molar-refractivity contribution in [3.8, 4) is 0 Å². The van der Waals surface area contributed by atoms with Crippen LogP contribution in [0.1, 0.15) is 31.0 Å². The summed E-state index contributed by atoms with van der Waals surface area (Å²) >= 11 is 0. The van der Waals surface area contributed by atoms with Crippen molar-refractivity contribution in [3.63, 3.8) is 0 Å². The van der Waals surface area contributed by atoms with Crippen LogP contribution in [-0.2, 0) is 4.79 Å². The zero-order chi connectivity index (χ0) is 16.5. The summed E-state index contributed by atoms with van der Waals surface area (Å²) in [6.45, 7) is 0. The number of nitrogens with two attached hydrogens (primary N) is 1. The highest BCUT2D eigenvalue weighted by molar-refractivity contribution is 5.95. The highest BCUT2D eigenvalue weighted by Gasteiger charge is 2.29. The lowest BCUT2D eigenvalue weighted by molar-refractivity contribution is -0.118. The molecule has 3 N–H and O–H groups in total. The number of carbonyl (C=O) groups is 1. The average Bonchev–Trinajstić information content (AvgIpc) is 3.01. The summed E-state index contributed by atoms with van der Waals surface area (Å²) < 4.78 is 0. The first-order valence-electron chi connectivity index (χ1n) is 7.99. The summed E-state index contributed by atoms with van der Waals surface area (Å²) in [5, 5.41) is 5.40. The van der Waals surface area contributed by atoms with Crippen molar-refractivity contribution in [2.75, 3.05) is 11.1 Å². The van der Waals surface area contributed by atoms with Crippen LogP contribution in [0.15, 0.2) is 42.5 Å². The molecule has 1 aromatic heterocycles. The van der Waals surface area contributed by atoms with Crippen LogP contribution in [0.4, 0.5) is 17.6 Å². The van der Waals surface area contributed by atoms with E-state index in [4.69, 9.17) is 5.73 Å². The molecular weight excluding hydrogens is 302 g/mol. The molecular formula is C18H17N5O. The van der Waals surface area contributed by atoms with Crippen LogP contribution in [0.3, 0.4) is 0 Å². The van der Waals surface area contributed by atoms with Gasteiger partial charge in [-0.15, -0.1) is 0 Å². The van der Waals surface area contributed by atoms with E-state index in [1.165, 1.54) is 0 Å². The van der Waals surface area contributed by atoms with Crippen LogP contribution < -0.4 is 11.1 Å². The third-order valence-electron chi connectivity index (χ3n) is 4.32. The minimum absolute atomic E-state index is 0.127. The van der Waals surface area contributed by atoms with Gasteiger partial charge in [-0.25, -0.2) is 0 Å². The zero-order valence-corrected chi connectivity index (χ0v) is 13.1. The van der Waals surface area contributed by atoms with Crippen molar-refractivity contribution in [2.24, 2.45) is 0 Å². The minimum Gasteiger partial charge on any atom is -0.368 e. The molecule has 1 aliphatic rings. The van der Waals surface area contributed by atoms with Gasteiger partial charge in [-0.05, 0) is 24.3 Å². The molecule has 0 radical (unpaired) electrons. The van der Waals surface area contributed by atoms with Crippen molar-refractivity contribution in [1.29, 1.82) is 0 Å². The molecule has 6 heteroatoms. The van der Waals surface area contributed by atoms with Gasteiger partial charge >= 0.3 is 0 Å². The number of aromatic nitrogens is 3. The molecule has 2 aromatic carbocycles. The van der Waals surface area contributed by atoms with Gasteiger partial charge in [0.15, 0.2) is 0 Å². The highest BCUT2D eigenvalue weighted by atomic mass is 16.1. The van der Waals surface area contributed by atoms with Gasteiger partial charge in [0.2, 0.25) is 11.9 Å². The predicted octanol–water partition coefficient (Wildman–Crippen LogP) is 3.19. The fourth-order valence-corrected chi connectivity index (χ4v) is 3.16. The van der Waals surface area contributed by atoms with E-state index in [2.05, 4.69) is 20.3 Å². The molecule has 0 spiro atoms. The molecule has 1 saturated carbocycles. The summed E-state index contributed by atoms with van der Waals surface area (Å²) in [5.74, 6) is 0.879. The number of benzene rings is 2. The fraction of sp³-hybridized carbons (Fsp3) is 0.222. The smallest absolute Gasteiger partial charge is 0.232 e. The third kappa shape index (κ3) is 2.67. The largest absolute Gasteiger partial charge is 0.368 e. The van der Waals surface area contributed by atoms with Crippen LogP contribution in [0.2, 0.25) is 0 Å². The Morgan fingerprint density at radius 2 is 1.88 bits per heavy atom. The maximum absolute atomic E-state index is 12.0. The predicted molar refractivity (Wildman–Crippen MR) is 93.1 cm³/mol. The molecule has 120 valence electrons. The Balaban J connectivity index is 1.71. The summed E-state index contributed by atoms with van der Waals surface area (Å²) in [5.41, 5.74) is 6.72. The van der Waals surface area contributed by atoms with Crippen LogP contribution in [0, 0.1) is 0 Å². The van der Waals surface area contributed by atoms with E-state index >= 15 is 0 Å². The van der Waals surface area contributed by atoms with E-state index in [1.54, 1.807) is 0 Å². The molecule has 6 nitrogen and oxygen atoms in total. The van der Waals surface area contributed by atoms with Gasteiger partial charge in [-0.3, -0.25) is 4.79 Å². The van der Waals surface area contributed by atoms with E-state index in [1.807, 2.05) is 42.5 Å². The molecule has 0 saturated heterocycles. The van der Waals surface area contributed by atoms with Gasteiger partial charge < -0.3 is 11.1 Å². The monoisotopic (exact) mass is 319 g/mol. The molecule has 1 heterocycles. The maximum atomic E-state index is 12.0. The molecule has 0 amide bonds. The number of nitrogens with one attached hydrogen (secondary N) is 1. The van der Waals surface area contributed by atoms with Crippen molar-refractivity contribution in [3.05, 3.63) is 48.3 Å². The van der Waals surface area contributed by atoms with Crippen molar-refractivity contribution >= 4 is 34.1 Å². The first kappa shape index (κ1) is 14.6. The average molecular weight is 319 g/mol. The maximum Gasteiger partial charge on any atom is 0.232 e. The Kier molecular flexibility index (Phi) is 3.57. The van der Waals surface area contributed by atoms with Gasteiger partial charge in [-0.1, -0.05) is 36.4 Å². The van der Waals surface area contributed by atoms with Crippen molar-refractivity contribution in [1.82, 2.24) is 15.0 Å². The van der Waals surface area contributed by atoms with E-state index in [0.29, 0.717) is 18.2 Å². The third-order valence-corrected chi connectivity index (χ3v) is 4.32. The molecule has 3 aromatic rings. The Morgan fingerprint density at radius 1 is 1.04 bits per heavy atom. The standard InChI is InChI=1S/C18H17N5O/c19-17-21-16(13-8-4-10-15(13)24)22-18(23-17)20-14-9-3-6-11-5-1-2-7-12(11)14/h1-3,5-7,9,13H,4,8,10H2,(H3,19,20,21,22,23)/t13-/m1/s1. The number of Topliss-reactive ketones (excluding diaryl/α,β-unsaturated/α-hetero) is 1. The number of hydrogen-bond acceptors (Lipinski definition) is 6. The number of nitrogen functional groups attached to an aromatic ring is 1. The first-order chi connectivity index (χ1) is 11.7. The number of nitrogens with zero attached hydrogens (tertiary/aromatic N) is 3. The Morgan fingerprint density at radius 3 is 2.71 bits per heavy atom. The summed E-state index contributed by atoms with van der Waals surface area (Å²) in [7, 11) is 0. The topological polar surface area (TPSA) is 93.8 Å². The lowest BCUT2D eigenvalue weighted by Crippen LogP contribution is -2.13. The minimum atomic E-state index is -0.261. The molecule has 1 fully saturated rings. The van der Waals surface area contributed by atoms with E-state index in [-0.39, 0.29) is 17.6 Å². The molecule has 1 atom stereocenters. The van der Waals surface area contributed by atoms with Crippen LogP contribution >= 0.6 is 0 Å². The van der Waals surface area contributed by atoms with Gasteiger partial charge in [0.05, 0.1) is 5.92 Å². The number of anilines is 3. The quantitative estimate of drug-likeness (QED) is 0.770. The van der Waals surface area contributed by atoms with E-state index < -0.39 is 0 Å². The lowest BCUT2D eigenvalue weighted by atomic mass is 10.1. The SMILES string of the molecule is Nc1nc(Nc2cccc3ccccc23)nc([C@@H]2CCCC2=O)n1. The number of fused-ring (bicyclic) bond motifs is 1. The molecule has 24 heavy (non-hydrogen) atoms.